The highest BCUT2D eigenvalue weighted by Crippen LogP contribution is 2.45. The first-order valence-electron chi connectivity index (χ1n) is 12.7. The van der Waals surface area contributed by atoms with Gasteiger partial charge in [-0.15, -0.1) is 0 Å². The monoisotopic (exact) mass is 637 g/mol. The smallest absolute Gasteiger partial charge is 0.402 e. The van der Waals surface area contributed by atoms with Crippen molar-refractivity contribution in [3.63, 3.8) is 0 Å². The maximum Gasteiger partial charge on any atom is 0.402 e. The normalized spacial score (nSPS) is 21.2. The van der Waals surface area contributed by atoms with Crippen molar-refractivity contribution in [3.8, 4) is 45.8 Å². The number of carbonyl (C=O) groups excluding carboxylic acids is 2. The standard InChI is InChI=1S/C27H24O18/c28-10-3-12(29)11-5-16(25(42-15(11)4-10)9-1-13(30)22(38)14(31)2-9)43-27-24(40)26(45-21(37)7-19(34)35)23(39)17(44-27)8-41-20(36)6-18(32)33/h1-5,17,23-24,26-27,39-40H,6-8H2,(H6-,28,29,30,31,32,33,34,35,38)/p+1/t17-,23-,24-,26+,27-/m1/s1. The van der Waals surface area contributed by atoms with E-state index >= 15 is 0 Å². The molecule has 0 aliphatic carbocycles. The van der Waals surface area contributed by atoms with Crippen molar-refractivity contribution in [2.24, 2.45) is 0 Å². The summed E-state index contributed by atoms with van der Waals surface area (Å²) in [6.07, 6.45) is -11.9. The number of esters is 2. The van der Waals surface area contributed by atoms with E-state index in [1.165, 1.54) is 0 Å². The number of phenols is 5. The molecule has 240 valence electrons. The highest BCUT2D eigenvalue weighted by atomic mass is 16.7. The lowest BCUT2D eigenvalue weighted by atomic mass is 9.98. The van der Waals surface area contributed by atoms with E-state index in [1.807, 2.05) is 0 Å². The van der Waals surface area contributed by atoms with E-state index in [-0.39, 0.29) is 22.3 Å². The van der Waals surface area contributed by atoms with Gasteiger partial charge in [0.2, 0.25) is 12.0 Å². The number of benzene rings is 2. The van der Waals surface area contributed by atoms with Gasteiger partial charge in [-0.2, -0.15) is 0 Å². The summed E-state index contributed by atoms with van der Waals surface area (Å²) in [6, 6.07) is 5.00. The van der Waals surface area contributed by atoms with Crippen LogP contribution in [0.15, 0.2) is 34.7 Å². The van der Waals surface area contributed by atoms with E-state index in [4.69, 9.17) is 33.6 Å². The fourth-order valence-corrected chi connectivity index (χ4v) is 4.28. The Labute approximate surface area is 250 Å². The van der Waals surface area contributed by atoms with Crippen molar-refractivity contribution in [3.05, 3.63) is 30.3 Å². The maximum atomic E-state index is 12.1. The summed E-state index contributed by atoms with van der Waals surface area (Å²) >= 11 is 0. The van der Waals surface area contributed by atoms with Crippen LogP contribution in [0.5, 0.6) is 34.5 Å². The zero-order valence-corrected chi connectivity index (χ0v) is 22.6. The average Bonchev–Trinajstić information content (AvgIpc) is 2.93. The molecule has 0 spiro atoms. The lowest BCUT2D eigenvalue weighted by molar-refractivity contribution is -0.282. The number of aromatic hydroxyl groups is 5. The number of hydrogen-bond acceptors (Lipinski definition) is 15. The number of aliphatic carboxylic acids is 2. The largest absolute Gasteiger partial charge is 0.507 e. The number of carbonyl (C=O) groups is 4. The fraction of sp³-hybridized carbons (Fsp3) is 0.296. The average molecular weight is 637 g/mol. The van der Waals surface area contributed by atoms with Gasteiger partial charge < -0.3 is 64.9 Å². The molecule has 1 fully saturated rings. The van der Waals surface area contributed by atoms with Gasteiger partial charge in [-0.25, -0.2) is 4.42 Å². The van der Waals surface area contributed by atoms with E-state index in [1.54, 1.807) is 0 Å². The molecule has 0 radical (unpaired) electrons. The number of fused-ring (bicyclic) bond motifs is 1. The molecule has 1 aliphatic rings. The minimum atomic E-state index is -2.10. The predicted octanol–water partition coefficient (Wildman–Crippen LogP) is 0.139. The first-order valence-corrected chi connectivity index (χ1v) is 12.7. The van der Waals surface area contributed by atoms with Gasteiger partial charge in [-0.3, -0.25) is 19.2 Å². The van der Waals surface area contributed by atoms with Crippen LogP contribution in [0.4, 0.5) is 0 Å². The van der Waals surface area contributed by atoms with Gasteiger partial charge in [0.15, 0.2) is 29.5 Å². The minimum Gasteiger partial charge on any atom is -0.507 e. The summed E-state index contributed by atoms with van der Waals surface area (Å²) in [5.41, 5.74) is -0.331. The Hall–Kier alpha value is -5.59. The van der Waals surface area contributed by atoms with Crippen molar-refractivity contribution in [2.45, 2.75) is 43.5 Å². The lowest BCUT2D eigenvalue weighted by Crippen LogP contribution is -2.61. The molecule has 9 N–H and O–H groups in total. The molecule has 45 heavy (non-hydrogen) atoms. The highest BCUT2D eigenvalue weighted by molar-refractivity contribution is 5.91. The Balaban J connectivity index is 1.77. The van der Waals surface area contributed by atoms with Crippen molar-refractivity contribution in [2.75, 3.05) is 6.61 Å². The molecular formula is C27H25O18+. The molecule has 3 aromatic rings. The Morgan fingerprint density at radius 2 is 1.42 bits per heavy atom. The van der Waals surface area contributed by atoms with Crippen molar-refractivity contribution in [1.82, 2.24) is 0 Å². The van der Waals surface area contributed by atoms with Crippen molar-refractivity contribution < 1.29 is 88.5 Å². The number of carboxylic acid groups (broad SMARTS) is 2. The van der Waals surface area contributed by atoms with E-state index in [9.17, 15) is 54.9 Å². The Bertz CT molecular complexity index is 1630. The number of aliphatic hydroxyl groups is 2. The summed E-state index contributed by atoms with van der Waals surface area (Å²) in [4.78, 5) is 45.7. The first-order chi connectivity index (χ1) is 21.1. The van der Waals surface area contributed by atoms with Crippen LogP contribution in [0.3, 0.4) is 0 Å². The van der Waals surface area contributed by atoms with Crippen LogP contribution in [-0.2, 0) is 33.4 Å². The van der Waals surface area contributed by atoms with E-state index in [0.717, 1.165) is 30.3 Å². The molecule has 1 aromatic heterocycles. The van der Waals surface area contributed by atoms with Crippen LogP contribution in [0.25, 0.3) is 22.3 Å². The highest BCUT2D eigenvalue weighted by Gasteiger charge is 2.49. The third-order valence-corrected chi connectivity index (χ3v) is 6.30. The molecular weight excluding hydrogens is 612 g/mol. The van der Waals surface area contributed by atoms with E-state index in [2.05, 4.69) is 0 Å². The number of ether oxygens (including phenoxy) is 4. The molecule has 0 saturated carbocycles. The van der Waals surface area contributed by atoms with Gasteiger partial charge in [0.05, 0.1) is 11.6 Å². The fourth-order valence-electron chi connectivity index (χ4n) is 4.28. The summed E-state index contributed by atoms with van der Waals surface area (Å²) in [6.45, 7) is -0.860. The second-order valence-electron chi connectivity index (χ2n) is 9.60. The number of carboxylic acids is 2. The topological polar surface area (TPSA) is 299 Å². The number of aliphatic hydroxyl groups excluding tert-OH is 2. The van der Waals surface area contributed by atoms with Crippen LogP contribution < -0.4 is 4.74 Å². The SMILES string of the molecule is O=C(O)CC(=O)OC[C@H]1O[C@@H](Oc2cc3c(O)cc(O)cc3[o+]c2-c2cc(O)c(O)c(O)c2)[C@H](O)[C@@H](OC(=O)CC(=O)O)[C@@H]1O. The number of hydrogen-bond donors (Lipinski definition) is 9. The van der Waals surface area contributed by atoms with Gasteiger partial charge in [0.1, 0.15) is 48.5 Å². The number of phenolic OH excluding ortho intramolecular Hbond substituents is 5. The van der Waals surface area contributed by atoms with Gasteiger partial charge >= 0.3 is 35.2 Å². The third-order valence-electron chi connectivity index (χ3n) is 6.30. The molecule has 0 unspecified atom stereocenters. The Kier molecular flexibility index (Phi) is 9.31. The van der Waals surface area contributed by atoms with Gasteiger partial charge in [-0.1, -0.05) is 0 Å². The minimum absolute atomic E-state index is 0.0901. The molecule has 5 atom stereocenters. The van der Waals surface area contributed by atoms with E-state index in [0.29, 0.717) is 0 Å². The first kappa shape index (κ1) is 32.3. The molecule has 1 saturated heterocycles. The molecule has 18 heteroatoms. The van der Waals surface area contributed by atoms with Gasteiger partial charge in [0.25, 0.3) is 0 Å². The quantitative estimate of drug-likeness (QED) is 0.0618. The summed E-state index contributed by atoms with van der Waals surface area (Å²) in [7, 11) is 0. The van der Waals surface area contributed by atoms with Crippen molar-refractivity contribution >= 4 is 34.8 Å². The predicted molar refractivity (Wildman–Crippen MR) is 141 cm³/mol. The van der Waals surface area contributed by atoms with Crippen LogP contribution in [0, 0.1) is 0 Å². The van der Waals surface area contributed by atoms with Crippen LogP contribution >= 0.6 is 0 Å². The Morgan fingerprint density at radius 3 is 2.04 bits per heavy atom. The molecule has 18 nitrogen and oxygen atoms in total. The van der Waals surface area contributed by atoms with Crippen LogP contribution in [0.1, 0.15) is 12.8 Å². The van der Waals surface area contributed by atoms with Gasteiger partial charge in [-0.05, 0) is 0 Å². The Morgan fingerprint density at radius 1 is 0.800 bits per heavy atom. The van der Waals surface area contributed by atoms with Crippen molar-refractivity contribution in [1.29, 1.82) is 0 Å². The number of rotatable bonds is 10. The molecule has 0 amide bonds. The maximum absolute atomic E-state index is 12.1. The van der Waals surface area contributed by atoms with Crippen LogP contribution in [-0.4, -0.2) is 107 Å². The second kappa shape index (κ2) is 13.0. The van der Waals surface area contributed by atoms with Crippen LogP contribution in [0.2, 0.25) is 0 Å². The summed E-state index contributed by atoms with van der Waals surface area (Å²) in [5, 5.41) is 89.6. The van der Waals surface area contributed by atoms with E-state index < -0.39 is 109 Å². The molecule has 2 heterocycles. The zero-order valence-electron chi connectivity index (χ0n) is 22.6. The summed E-state index contributed by atoms with van der Waals surface area (Å²) < 4.78 is 26.8. The van der Waals surface area contributed by atoms with Gasteiger partial charge in [0, 0.05) is 24.3 Å². The molecule has 4 rings (SSSR count). The second-order valence-corrected chi connectivity index (χ2v) is 9.60. The lowest BCUT2D eigenvalue weighted by Gasteiger charge is -2.41. The molecule has 2 aromatic carbocycles. The zero-order chi connectivity index (χ0) is 33.2. The third kappa shape index (κ3) is 7.32. The summed E-state index contributed by atoms with van der Waals surface area (Å²) in [5.74, 6) is -10.0. The molecule has 1 aliphatic heterocycles. The molecule has 0 bridgehead atoms.